The second kappa shape index (κ2) is 8.82. The van der Waals surface area contributed by atoms with E-state index < -0.39 is 0 Å². The number of aromatic nitrogens is 2. The number of thioether (sulfide) groups is 1. The van der Waals surface area contributed by atoms with E-state index in [2.05, 4.69) is 36.5 Å². The lowest BCUT2D eigenvalue weighted by Crippen LogP contribution is -2.27. The van der Waals surface area contributed by atoms with Crippen LogP contribution in [0.3, 0.4) is 0 Å². The molecular formula is C23H25N3O2S. The Morgan fingerprint density at radius 1 is 1.14 bits per heavy atom. The molecule has 2 aromatic carbocycles. The van der Waals surface area contributed by atoms with Crippen LogP contribution >= 0.6 is 11.8 Å². The van der Waals surface area contributed by atoms with Crippen molar-refractivity contribution in [2.75, 3.05) is 12.3 Å². The van der Waals surface area contributed by atoms with Crippen molar-refractivity contribution in [3.63, 3.8) is 0 Å². The Morgan fingerprint density at radius 2 is 1.97 bits per heavy atom. The molecule has 0 radical (unpaired) electrons. The van der Waals surface area contributed by atoms with Gasteiger partial charge in [0, 0.05) is 35.7 Å². The Balaban J connectivity index is 1.43. The summed E-state index contributed by atoms with van der Waals surface area (Å²) >= 11 is 1.72. The zero-order valence-electron chi connectivity index (χ0n) is 16.6. The molecule has 0 fully saturated rings. The third kappa shape index (κ3) is 4.53. The van der Waals surface area contributed by atoms with Gasteiger partial charge in [-0.05, 0) is 50.1 Å². The highest BCUT2D eigenvalue weighted by Crippen LogP contribution is 2.18. The maximum absolute atomic E-state index is 12.8. The Morgan fingerprint density at radius 3 is 2.79 bits per heavy atom. The smallest absolute Gasteiger partial charge is 0.261 e. The minimum atomic E-state index is -0.131. The first-order valence-corrected chi connectivity index (χ1v) is 11.1. The molecule has 4 rings (SSSR count). The summed E-state index contributed by atoms with van der Waals surface area (Å²) in [5, 5.41) is 3.55. The number of hydrogen-bond donors (Lipinski definition) is 1. The van der Waals surface area contributed by atoms with Crippen LogP contribution in [0.4, 0.5) is 0 Å². The van der Waals surface area contributed by atoms with Gasteiger partial charge in [-0.2, -0.15) is 0 Å². The molecule has 0 unspecified atom stereocenters. The van der Waals surface area contributed by atoms with Crippen LogP contribution in [0.15, 0.2) is 52.2 Å². The Hall–Kier alpha value is -2.60. The minimum Gasteiger partial charge on any atom is -0.351 e. The minimum absolute atomic E-state index is 0.00774. The molecule has 1 N–H and O–H groups in total. The summed E-state index contributed by atoms with van der Waals surface area (Å²) in [5.74, 6) is 1.51. The summed E-state index contributed by atoms with van der Waals surface area (Å²) in [4.78, 5) is 31.2. The number of carbonyl (C=O) groups is 1. The molecule has 0 spiro atoms. The van der Waals surface area contributed by atoms with E-state index >= 15 is 0 Å². The molecule has 1 aliphatic heterocycles. The van der Waals surface area contributed by atoms with Gasteiger partial charge in [-0.1, -0.05) is 24.1 Å². The van der Waals surface area contributed by atoms with Crippen molar-refractivity contribution in [3.8, 4) is 0 Å². The number of hydrogen-bond acceptors (Lipinski definition) is 4. The van der Waals surface area contributed by atoms with Crippen molar-refractivity contribution < 1.29 is 4.79 Å². The maximum Gasteiger partial charge on any atom is 0.261 e. The number of carbonyl (C=O) groups excluding carboxylic acids is 1. The van der Waals surface area contributed by atoms with E-state index in [-0.39, 0.29) is 11.5 Å². The van der Waals surface area contributed by atoms with E-state index in [1.54, 1.807) is 34.5 Å². The predicted molar refractivity (Wildman–Crippen MR) is 118 cm³/mol. The maximum atomic E-state index is 12.8. The molecule has 0 bridgehead atoms. The lowest BCUT2D eigenvalue weighted by Gasteiger charge is -2.11. The Kier molecular flexibility index (Phi) is 6.00. The quantitative estimate of drug-likeness (QED) is 0.514. The van der Waals surface area contributed by atoms with Crippen molar-refractivity contribution in [3.05, 3.63) is 69.8 Å². The van der Waals surface area contributed by atoms with Crippen molar-refractivity contribution >= 4 is 28.6 Å². The molecule has 29 heavy (non-hydrogen) atoms. The lowest BCUT2D eigenvalue weighted by molar-refractivity contribution is 0.0956. The van der Waals surface area contributed by atoms with Crippen molar-refractivity contribution in [2.45, 2.75) is 44.0 Å². The number of nitrogens with zero attached hydrogens (tertiary/aromatic N) is 2. The van der Waals surface area contributed by atoms with Gasteiger partial charge in [0.25, 0.3) is 11.5 Å². The van der Waals surface area contributed by atoms with E-state index in [1.165, 1.54) is 10.5 Å². The number of nitrogens with one attached hydrogen (secondary N) is 1. The van der Waals surface area contributed by atoms with Crippen LogP contribution in [-0.4, -0.2) is 27.8 Å². The van der Waals surface area contributed by atoms with E-state index in [1.807, 2.05) is 0 Å². The van der Waals surface area contributed by atoms with Gasteiger partial charge in [0.2, 0.25) is 0 Å². The third-order valence-corrected chi connectivity index (χ3v) is 6.27. The summed E-state index contributed by atoms with van der Waals surface area (Å²) in [6.45, 7) is 3.38. The molecule has 1 aliphatic rings. The monoisotopic (exact) mass is 407 g/mol. The average molecular weight is 408 g/mol. The number of fused-ring (bicyclic) bond motifs is 2. The van der Waals surface area contributed by atoms with Crippen LogP contribution in [0.25, 0.3) is 10.9 Å². The summed E-state index contributed by atoms with van der Waals surface area (Å²) in [7, 11) is 0. The van der Waals surface area contributed by atoms with Gasteiger partial charge in [-0.15, -0.1) is 11.8 Å². The van der Waals surface area contributed by atoms with Gasteiger partial charge in [-0.25, -0.2) is 4.98 Å². The third-order valence-electron chi connectivity index (χ3n) is 5.26. The number of amides is 1. The molecule has 150 valence electrons. The molecule has 0 aliphatic carbocycles. The lowest BCUT2D eigenvalue weighted by atomic mass is 10.1. The molecule has 0 saturated heterocycles. The summed E-state index contributed by atoms with van der Waals surface area (Å²) < 4.78 is 1.80. The van der Waals surface area contributed by atoms with Crippen molar-refractivity contribution in [1.29, 1.82) is 0 Å². The van der Waals surface area contributed by atoms with Crippen molar-refractivity contribution in [1.82, 2.24) is 14.9 Å². The number of benzene rings is 2. The van der Waals surface area contributed by atoms with E-state index in [0.717, 1.165) is 43.8 Å². The highest BCUT2D eigenvalue weighted by Gasteiger charge is 2.15. The topological polar surface area (TPSA) is 64.0 Å². The molecule has 1 amide bonds. The van der Waals surface area contributed by atoms with Gasteiger partial charge in [0.15, 0.2) is 0 Å². The van der Waals surface area contributed by atoms with E-state index in [0.29, 0.717) is 23.0 Å². The van der Waals surface area contributed by atoms with Gasteiger partial charge in [0.05, 0.1) is 10.9 Å². The summed E-state index contributed by atoms with van der Waals surface area (Å²) in [6.07, 6.45) is 4.00. The fourth-order valence-corrected chi connectivity index (χ4v) is 4.40. The molecule has 5 nitrogen and oxygen atoms in total. The van der Waals surface area contributed by atoms with Crippen LogP contribution < -0.4 is 10.9 Å². The van der Waals surface area contributed by atoms with Crippen molar-refractivity contribution in [2.24, 2.45) is 0 Å². The second-order valence-corrected chi connectivity index (χ2v) is 8.61. The normalized spacial score (nSPS) is 13.7. The van der Waals surface area contributed by atoms with Gasteiger partial charge in [-0.3, -0.25) is 14.2 Å². The molecule has 0 atom stereocenters. The number of rotatable bonds is 5. The van der Waals surface area contributed by atoms with Gasteiger partial charge < -0.3 is 5.32 Å². The standard InChI is InChI=1S/C23H25N3O2S/c1-16-6-9-18(10-7-16)29-14-12-24-22(27)17-8-11-19-20(15-17)25-21-5-3-2-4-13-26(21)23(19)28/h6-11,15H,2-5,12-14H2,1H3,(H,24,27). The molecule has 1 aromatic heterocycles. The molecule has 2 heterocycles. The first kappa shape index (κ1) is 19.7. The summed E-state index contributed by atoms with van der Waals surface area (Å²) in [5.41, 5.74) is 2.41. The predicted octanol–water partition coefficient (Wildman–Crippen LogP) is 3.95. The fraction of sp³-hybridized carbons (Fsp3) is 0.348. The van der Waals surface area contributed by atoms with E-state index in [4.69, 9.17) is 4.98 Å². The molecule has 3 aromatic rings. The highest BCUT2D eigenvalue weighted by atomic mass is 32.2. The van der Waals surface area contributed by atoms with Crippen LogP contribution in [-0.2, 0) is 13.0 Å². The first-order valence-electron chi connectivity index (χ1n) is 10.1. The molecule has 0 saturated carbocycles. The van der Waals surface area contributed by atoms with Crippen LogP contribution in [0.2, 0.25) is 0 Å². The fourth-order valence-electron chi connectivity index (χ4n) is 3.63. The Bertz CT molecular complexity index is 1090. The largest absolute Gasteiger partial charge is 0.351 e. The second-order valence-electron chi connectivity index (χ2n) is 7.44. The molecular weight excluding hydrogens is 382 g/mol. The molecule has 6 heteroatoms. The number of aryl methyl sites for hydroxylation is 2. The first-order chi connectivity index (χ1) is 14.1. The SMILES string of the molecule is Cc1ccc(SCCNC(=O)c2ccc3c(=O)n4c(nc3c2)CCCCC4)cc1. The summed E-state index contributed by atoms with van der Waals surface area (Å²) in [6, 6.07) is 13.6. The van der Waals surface area contributed by atoms with Gasteiger partial charge >= 0.3 is 0 Å². The van der Waals surface area contributed by atoms with Gasteiger partial charge in [0.1, 0.15) is 5.82 Å². The zero-order valence-corrected chi connectivity index (χ0v) is 17.4. The average Bonchev–Trinajstić information content (AvgIpc) is 2.98. The van der Waals surface area contributed by atoms with E-state index in [9.17, 15) is 9.59 Å². The van der Waals surface area contributed by atoms with Crippen LogP contribution in [0.1, 0.15) is 41.0 Å². The Labute approximate surface area is 174 Å². The zero-order chi connectivity index (χ0) is 20.2. The van der Waals surface area contributed by atoms with Crippen LogP contribution in [0.5, 0.6) is 0 Å². The highest BCUT2D eigenvalue weighted by molar-refractivity contribution is 7.99. The van der Waals surface area contributed by atoms with Crippen LogP contribution in [0, 0.1) is 6.92 Å².